The van der Waals surface area contributed by atoms with Crippen molar-refractivity contribution in [1.82, 2.24) is 15.0 Å². The van der Waals surface area contributed by atoms with Crippen molar-refractivity contribution in [1.29, 1.82) is 0 Å². The Kier molecular flexibility index (Phi) is 6.42. The number of nitrogens with one attached hydrogen (secondary N) is 1. The van der Waals surface area contributed by atoms with E-state index in [0.717, 1.165) is 44.2 Å². The third kappa shape index (κ3) is 4.80. The molecule has 0 aliphatic rings. The maximum Gasteiger partial charge on any atom is 0.272 e. The summed E-state index contributed by atoms with van der Waals surface area (Å²) in [7, 11) is 0. The predicted octanol–water partition coefficient (Wildman–Crippen LogP) is 7.32. The number of carbonyl (C=O) groups excluding carboxylic acids is 1. The second kappa shape index (κ2) is 10.3. The Morgan fingerprint density at radius 3 is 2.47 bits per heavy atom. The molecule has 0 aliphatic carbocycles. The largest absolute Gasteiger partial charge is 0.342 e. The lowest BCUT2D eigenvalue weighted by atomic mass is 10.0. The summed E-state index contributed by atoms with van der Waals surface area (Å²) in [5.74, 6) is -0.292. The van der Waals surface area contributed by atoms with Crippen LogP contribution >= 0.6 is 11.6 Å². The van der Waals surface area contributed by atoms with Gasteiger partial charge in [-0.25, -0.2) is 10.4 Å². The van der Waals surface area contributed by atoms with Crippen LogP contribution in [0.3, 0.4) is 0 Å². The Morgan fingerprint density at radius 2 is 1.63 bits per heavy atom. The summed E-state index contributed by atoms with van der Waals surface area (Å²) in [5.41, 5.74) is 8.78. The van der Waals surface area contributed by atoms with Gasteiger partial charge in [0.2, 0.25) is 0 Å². The van der Waals surface area contributed by atoms with Gasteiger partial charge in [0.05, 0.1) is 23.0 Å². The summed E-state index contributed by atoms with van der Waals surface area (Å²) in [5, 5.41) is 6.87. The molecule has 184 valence electrons. The standard InChI is InChI=1S/C32H23ClN4O/c33-25-12-8-9-22(17-25)20-37-21-24(26-13-5-7-16-31(26)37)19-34-36-32(38)28-18-30(23-10-2-1-3-11-23)35-29-15-6-4-14-27(28)29/h1-19,21H,20H2,(H,36,38)/b34-19-. The quantitative estimate of drug-likeness (QED) is 0.187. The van der Waals surface area contributed by atoms with Crippen LogP contribution in [-0.2, 0) is 6.54 Å². The summed E-state index contributed by atoms with van der Waals surface area (Å²) in [6, 6.07) is 35.3. The molecule has 0 fully saturated rings. The van der Waals surface area contributed by atoms with Gasteiger partial charge in [-0.05, 0) is 35.9 Å². The first kappa shape index (κ1) is 23.6. The normalized spacial score (nSPS) is 11.4. The van der Waals surface area contributed by atoms with E-state index in [9.17, 15) is 4.79 Å². The molecule has 6 heteroatoms. The highest BCUT2D eigenvalue weighted by atomic mass is 35.5. The Hall–Kier alpha value is -4.74. The maximum absolute atomic E-state index is 13.3. The monoisotopic (exact) mass is 514 g/mol. The van der Waals surface area contributed by atoms with E-state index in [1.54, 1.807) is 6.21 Å². The first-order valence-corrected chi connectivity index (χ1v) is 12.6. The summed E-state index contributed by atoms with van der Waals surface area (Å²) in [6.07, 6.45) is 3.73. The molecule has 0 bridgehead atoms. The number of amides is 1. The van der Waals surface area contributed by atoms with Crippen molar-refractivity contribution in [2.24, 2.45) is 5.10 Å². The predicted molar refractivity (Wildman–Crippen MR) is 155 cm³/mol. The average Bonchev–Trinajstić information content (AvgIpc) is 3.30. The van der Waals surface area contributed by atoms with Crippen LogP contribution in [-0.4, -0.2) is 21.7 Å². The number of halogens is 1. The number of hydrogen-bond acceptors (Lipinski definition) is 3. The first-order chi connectivity index (χ1) is 18.7. The molecule has 0 spiro atoms. The third-order valence-corrected chi connectivity index (χ3v) is 6.70. The number of hydrazone groups is 1. The average molecular weight is 515 g/mol. The van der Waals surface area contributed by atoms with Crippen molar-refractivity contribution in [3.8, 4) is 11.3 Å². The zero-order valence-corrected chi connectivity index (χ0v) is 21.1. The lowest BCUT2D eigenvalue weighted by molar-refractivity contribution is 0.0956. The maximum atomic E-state index is 13.3. The second-order valence-corrected chi connectivity index (χ2v) is 9.43. The lowest BCUT2D eigenvalue weighted by Crippen LogP contribution is -2.18. The highest BCUT2D eigenvalue weighted by Crippen LogP contribution is 2.25. The smallest absolute Gasteiger partial charge is 0.272 e. The first-order valence-electron chi connectivity index (χ1n) is 12.3. The van der Waals surface area contributed by atoms with Crippen molar-refractivity contribution in [3.05, 3.63) is 137 Å². The van der Waals surface area contributed by atoms with Gasteiger partial charge in [-0.15, -0.1) is 0 Å². The van der Waals surface area contributed by atoms with Gasteiger partial charge < -0.3 is 4.57 Å². The van der Waals surface area contributed by atoms with E-state index in [0.29, 0.717) is 17.1 Å². The fourth-order valence-electron chi connectivity index (χ4n) is 4.68. The van der Waals surface area contributed by atoms with Crippen LogP contribution in [0.2, 0.25) is 5.02 Å². The number of rotatable bonds is 6. The van der Waals surface area contributed by atoms with E-state index in [4.69, 9.17) is 16.6 Å². The van der Waals surface area contributed by atoms with Gasteiger partial charge in [0, 0.05) is 45.2 Å². The minimum Gasteiger partial charge on any atom is -0.342 e. The Balaban J connectivity index is 1.30. The van der Waals surface area contributed by atoms with Crippen LogP contribution < -0.4 is 5.43 Å². The van der Waals surface area contributed by atoms with Crippen molar-refractivity contribution in [2.75, 3.05) is 0 Å². The molecule has 0 saturated carbocycles. The van der Waals surface area contributed by atoms with E-state index in [-0.39, 0.29) is 5.91 Å². The summed E-state index contributed by atoms with van der Waals surface area (Å²) in [4.78, 5) is 18.1. The molecular formula is C32H23ClN4O. The van der Waals surface area contributed by atoms with E-state index < -0.39 is 0 Å². The Bertz CT molecular complexity index is 1810. The zero-order chi connectivity index (χ0) is 25.9. The highest BCUT2D eigenvalue weighted by molar-refractivity contribution is 6.30. The summed E-state index contributed by atoms with van der Waals surface area (Å²) < 4.78 is 2.16. The molecule has 0 unspecified atom stereocenters. The fourth-order valence-corrected chi connectivity index (χ4v) is 4.89. The number of aromatic nitrogens is 2. The topological polar surface area (TPSA) is 59.3 Å². The molecule has 1 N–H and O–H groups in total. The fraction of sp³-hybridized carbons (Fsp3) is 0.0312. The molecule has 4 aromatic carbocycles. The van der Waals surface area contributed by atoms with E-state index in [1.807, 2.05) is 97.2 Å². The van der Waals surface area contributed by atoms with Gasteiger partial charge in [-0.2, -0.15) is 5.10 Å². The van der Waals surface area contributed by atoms with Gasteiger partial charge >= 0.3 is 0 Å². The zero-order valence-electron chi connectivity index (χ0n) is 20.4. The van der Waals surface area contributed by atoms with Crippen LogP contribution in [0, 0.1) is 0 Å². The van der Waals surface area contributed by atoms with Gasteiger partial charge in [0.1, 0.15) is 0 Å². The van der Waals surface area contributed by atoms with Crippen LogP contribution in [0.1, 0.15) is 21.5 Å². The van der Waals surface area contributed by atoms with Crippen LogP contribution in [0.15, 0.2) is 120 Å². The highest BCUT2D eigenvalue weighted by Gasteiger charge is 2.14. The number of carbonyl (C=O) groups is 1. The van der Waals surface area contributed by atoms with Crippen LogP contribution in [0.5, 0.6) is 0 Å². The Labute approximate surface area is 225 Å². The van der Waals surface area contributed by atoms with Gasteiger partial charge in [-0.1, -0.05) is 90.5 Å². The van der Waals surface area contributed by atoms with E-state index in [2.05, 4.69) is 33.3 Å². The van der Waals surface area contributed by atoms with Crippen molar-refractivity contribution in [3.63, 3.8) is 0 Å². The molecule has 0 saturated heterocycles. The SMILES string of the molecule is O=C(N/N=C\c1cn(Cc2cccc(Cl)c2)c2ccccc12)c1cc(-c2ccccc2)nc2ccccc12. The van der Waals surface area contributed by atoms with Gasteiger partial charge in [0.25, 0.3) is 5.91 Å². The summed E-state index contributed by atoms with van der Waals surface area (Å²) >= 11 is 6.19. The number of fused-ring (bicyclic) bond motifs is 2. The summed E-state index contributed by atoms with van der Waals surface area (Å²) in [6.45, 7) is 0.673. The molecule has 2 aromatic heterocycles. The third-order valence-electron chi connectivity index (χ3n) is 6.46. The van der Waals surface area contributed by atoms with E-state index >= 15 is 0 Å². The van der Waals surface area contributed by atoms with E-state index in [1.165, 1.54) is 0 Å². The number of hydrogen-bond donors (Lipinski definition) is 1. The van der Waals surface area contributed by atoms with Gasteiger partial charge in [0.15, 0.2) is 0 Å². The molecule has 0 aliphatic heterocycles. The van der Waals surface area contributed by atoms with Gasteiger partial charge in [-0.3, -0.25) is 4.79 Å². The molecule has 6 rings (SSSR count). The molecule has 0 atom stereocenters. The molecule has 0 radical (unpaired) electrons. The number of pyridine rings is 1. The lowest BCUT2D eigenvalue weighted by Gasteiger charge is -2.09. The molecule has 38 heavy (non-hydrogen) atoms. The number of nitrogens with zero attached hydrogens (tertiary/aromatic N) is 3. The molecule has 1 amide bonds. The molecular weight excluding hydrogens is 492 g/mol. The van der Waals surface area contributed by atoms with Crippen molar-refractivity contribution in [2.45, 2.75) is 6.54 Å². The Morgan fingerprint density at radius 1 is 0.868 bits per heavy atom. The van der Waals surface area contributed by atoms with Crippen LogP contribution in [0.4, 0.5) is 0 Å². The molecule has 5 nitrogen and oxygen atoms in total. The minimum atomic E-state index is -0.292. The van der Waals surface area contributed by atoms with Crippen molar-refractivity contribution < 1.29 is 4.79 Å². The molecule has 2 heterocycles. The van der Waals surface area contributed by atoms with Crippen LogP contribution in [0.25, 0.3) is 33.1 Å². The van der Waals surface area contributed by atoms with Crippen molar-refractivity contribution >= 4 is 45.5 Å². The molecule has 6 aromatic rings. The second-order valence-electron chi connectivity index (χ2n) is 9.00. The number of para-hydroxylation sites is 2. The minimum absolute atomic E-state index is 0.292. The number of benzene rings is 4.